The lowest BCUT2D eigenvalue weighted by molar-refractivity contribution is -0.122. The number of hydrogen-bond donors (Lipinski definition) is 2. The Morgan fingerprint density at radius 1 is 1.00 bits per heavy atom. The van der Waals surface area contributed by atoms with E-state index in [-0.39, 0.29) is 24.1 Å². The van der Waals surface area contributed by atoms with Gasteiger partial charge in [-0.2, -0.15) is 5.10 Å². The van der Waals surface area contributed by atoms with Crippen LogP contribution in [0.5, 0.6) is 0 Å². The van der Waals surface area contributed by atoms with Crippen LogP contribution in [0.25, 0.3) is 16.7 Å². The number of para-hydroxylation sites is 2. The Labute approximate surface area is 190 Å². The van der Waals surface area contributed by atoms with Gasteiger partial charge in [-0.1, -0.05) is 42.1 Å². The highest BCUT2D eigenvalue weighted by molar-refractivity contribution is 9.10. The number of hydrogen-bond acceptors (Lipinski definition) is 6. The molecule has 0 aliphatic rings. The van der Waals surface area contributed by atoms with Gasteiger partial charge in [-0.15, -0.1) is 0 Å². The highest BCUT2D eigenvalue weighted by atomic mass is 79.9. The van der Waals surface area contributed by atoms with Gasteiger partial charge in [-0.25, -0.2) is 14.6 Å². The van der Waals surface area contributed by atoms with Crippen molar-refractivity contribution < 1.29 is 9.59 Å². The maximum Gasteiger partial charge on any atom is 0.243 e. The molecule has 4 aromatic rings. The summed E-state index contributed by atoms with van der Waals surface area (Å²) < 4.78 is 2.50. The van der Waals surface area contributed by atoms with Crippen LogP contribution in [-0.2, 0) is 9.59 Å². The molecule has 2 amide bonds. The number of thioether (sulfide) groups is 1. The van der Waals surface area contributed by atoms with Crippen LogP contribution in [0.4, 0.5) is 5.69 Å². The van der Waals surface area contributed by atoms with E-state index >= 15 is 0 Å². The average Bonchev–Trinajstić information content (AvgIpc) is 3.23. The number of amides is 2. The van der Waals surface area contributed by atoms with E-state index < -0.39 is 0 Å². The molecule has 10 heteroatoms. The molecule has 2 aromatic carbocycles. The number of nitrogens with zero attached hydrogens (tertiary/aromatic N) is 4. The summed E-state index contributed by atoms with van der Waals surface area (Å²) in [5.41, 5.74) is 2.20. The first-order chi connectivity index (χ1) is 15.1. The summed E-state index contributed by atoms with van der Waals surface area (Å²) in [6.07, 6.45) is 3.14. The van der Waals surface area contributed by atoms with Crippen molar-refractivity contribution in [3.63, 3.8) is 0 Å². The summed E-state index contributed by atoms with van der Waals surface area (Å²) >= 11 is 4.64. The molecule has 0 saturated heterocycles. The molecule has 31 heavy (non-hydrogen) atoms. The second-order valence-corrected chi connectivity index (χ2v) is 8.22. The third-order valence-corrected chi connectivity index (χ3v) is 5.96. The number of rotatable bonds is 7. The molecule has 0 aliphatic heterocycles. The number of anilines is 1. The second-order valence-electron chi connectivity index (χ2n) is 6.40. The van der Waals surface area contributed by atoms with E-state index in [0.717, 1.165) is 15.5 Å². The van der Waals surface area contributed by atoms with Crippen molar-refractivity contribution in [1.82, 2.24) is 25.1 Å². The van der Waals surface area contributed by atoms with Gasteiger partial charge in [0.2, 0.25) is 11.8 Å². The largest absolute Gasteiger partial charge is 0.346 e. The molecule has 0 unspecified atom stereocenters. The summed E-state index contributed by atoms with van der Waals surface area (Å²) in [5, 5.41) is 11.2. The first kappa shape index (κ1) is 21.0. The topological polar surface area (TPSA) is 102 Å². The summed E-state index contributed by atoms with van der Waals surface area (Å²) in [5.74, 6) is -0.460. The molecule has 0 atom stereocenters. The number of nitrogens with one attached hydrogen (secondary N) is 2. The minimum atomic E-state index is -0.307. The van der Waals surface area contributed by atoms with Crippen molar-refractivity contribution in [3.05, 3.63) is 71.6 Å². The molecule has 0 spiro atoms. The predicted molar refractivity (Wildman–Crippen MR) is 123 cm³/mol. The lowest BCUT2D eigenvalue weighted by atomic mass is 10.3. The standard InChI is InChI=1S/C21H17BrN6O2S/c22-16-8-4-5-9-17(16)27-18(29)11-23-19(30)12-31-21-15-10-26-28(20(15)24-13-25-21)14-6-2-1-3-7-14/h1-10,13H,11-12H2,(H,23,30)(H,27,29). The molecular formula is C21H17BrN6O2S. The summed E-state index contributed by atoms with van der Waals surface area (Å²) in [7, 11) is 0. The smallest absolute Gasteiger partial charge is 0.243 e. The Hall–Kier alpha value is -3.24. The molecule has 2 N–H and O–H groups in total. The van der Waals surface area contributed by atoms with Gasteiger partial charge in [-0.05, 0) is 40.2 Å². The Morgan fingerprint density at radius 2 is 1.77 bits per heavy atom. The van der Waals surface area contributed by atoms with E-state index in [1.807, 2.05) is 48.5 Å². The molecule has 2 aromatic heterocycles. The minimum absolute atomic E-state index is 0.116. The number of halogens is 1. The third-order valence-electron chi connectivity index (χ3n) is 4.26. The van der Waals surface area contributed by atoms with E-state index in [0.29, 0.717) is 16.4 Å². The molecule has 0 aliphatic carbocycles. The molecular weight excluding hydrogens is 480 g/mol. The number of benzene rings is 2. The highest BCUT2D eigenvalue weighted by Gasteiger charge is 2.13. The Morgan fingerprint density at radius 3 is 2.58 bits per heavy atom. The van der Waals surface area contributed by atoms with Gasteiger partial charge in [0.1, 0.15) is 11.4 Å². The van der Waals surface area contributed by atoms with Gasteiger partial charge >= 0.3 is 0 Å². The van der Waals surface area contributed by atoms with E-state index in [1.54, 1.807) is 16.9 Å². The van der Waals surface area contributed by atoms with E-state index in [2.05, 4.69) is 41.6 Å². The molecule has 0 saturated carbocycles. The first-order valence-corrected chi connectivity index (χ1v) is 11.1. The van der Waals surface area contributed by atoms with Crippen LogP contribution in [0.3, 0.4) is 0 Å². The highest BCUT2D eigenvalue weighted by Crippen LogP contribution is 2.25. The fourth-order valence-corrected chi connectivity index (χ4v) is 3.99. The van der Waals surface area contributed by atoms with Gasteiger partial charge < -0.3 is 10.6 Å². The zero-order chi connectivity index (χ0) is 21.6. The Kier molecular flexibility index (Phi) is 6.58. The monoisotopic (exact) mass is 496 g/mol. The van der Waals surface area contributed by atoms with Gasteiger partial charge in [0.05, 0.1) is 35.3 Å². The summed E-state index contributed by atoms with van der Waals surface area (Å²) in [6.45, 7) is -0.119. The van der Waals surface area contributed by atoms with Crippen LogP contribution in [0, 0.1) is 0 Å². The van der Waals surface area contributed by atoms with Crippen molar-refractivity contribution >= 4 is 56.2 Å². The fourth-order valence-electron chi connectivity index (χ4n) is 2.82. The Bertz CT molecular complexity index is 1230. The molecule has 156 valence electrons. The maximum atomic E-state index is 12.2. The van der Waals surface area contributed by atoms with Gasteiger partial charge in [0, 0.05) is 4.47 Å². The number of aromatic nitrogens is 4. The molecule has 0 radical (unpaired) electrons. The zero-order valence-electron chi connectivity index (χ0n) is 16.2. The van der Waals surface area contributed by atoms with Crippen LogP contribution in [-0.4, -0.2) is 43.9 Å². The predicted octanol–water partition coefficient (Wildman–Crippen LogP) is 3.43. The molecule has 0 bridgehead atoms. The van der Waals surface area contributed by atoms with Crippen molar-refractivity contribution in [1.29, 1.82) is 0 Å². The molecule has 2 heterocycles. The third kappa shape index (κ3) is 5.09. The quantitative estimate of drug-likeness (QED) is 0.300. The normalized spacial score (nSPS) is 10.7. The van der Waals surface area contributed by atoms with Gasteiger partial charge in [0.15, 0.2) is 5.65 Å². The molecule has 0 fully saturated rings. The van der Waals surface area contributed by atoms with Crippen molar-refractivity contribution in [2.45, 2.75) is 5.03 Å². The fraction of sp³-hybridized carbons (Fsp3) is 0.0952. The second kappa shape index (κ2) is 9.71. The van der Waals surface area contributed by atoms with Crippen molar-refractivity contribution in [2.75, 3.05) is 17.6 Å². The maximum absolute atomic E-state index is 12.2. The van der Waals surface area contributed by atoms with Gasteiger partial charge in [-0.3, -0.25) is 9.59 Å². The lowest BCUT2D eigenvalue weighted by Crippen LogP contribution is -2.33. The van der Waals surface area contributed by atoms with E-state index in [4.69, 9.17) is 0 Å². The summed E-state index contributed by atoms with van der Waals surface area (Å²) in [6, 6.07) is 16.9. The minimum Gasteiger partial charge on any atom is -0.346 e. The van der Waals surface area contributed by atoms with E-state index in [1.165, 1.54) is 18.1 Å². The SMILES string of the molecule is O=C(CSc1ncnc2c1cnn2-c1ccccc1)NCC(=O)Nc1ccccc1Br. The van der Waals surface area contributed by atoms with Crippen molar-refractivity contribution in [3.8, 4) is 5.69 Å². The number of carbonyl (C=O) groups excluding carboxylic acids is 2. The van der Waals surface area contributed by atoms with Crippen LogP contribution >= 0.6 is 27.7 Å². The number of fused-ring (bicyclic) bond motifs is 1. The number of carbonyl (C=O) groups is 2. The molecule has 8 nitrogen and oxygen atoms in total. The lowest BCUT2D eigenvalue weighted by Gasteiger charge is -2.08. The van der Waals surface area contributed by atoms with Crippen LogP contribution < -0.4 is 10.6 Å². The Balaban J connectivity index is 1.35. The van der Waals surface area contributed by atoms with Crippen molar-refractivity contribution in [2.24, 2.45) is 0 Å². The first-order valence-electron chi connectivity index (χ1n) is 9.30. The average molecular weight is 497 g/mol. The van der Waals surface area contributed by atoms with E-state index in [9.17, 15) is 9.59 Å². The van der Waals surface area contributed by atoms with Crippen LogP contribution in [0.1, 0.15) is 0 Å². The summed E-state index contributed by atoms with van der Waals surface area (Å²) in [4.78, 5) is 32.9. The zero-order valence-corrected chi connectivity index (χ0v) is 18.6. The van der Waals surface area contributed by atoms with Crippen LogP contribution in [0.15, 0.2) is 76.6 Å². The van der Waals surface area contributed by atoms with Gasteiger partial charge in [0.25, 0.3) is 0 Å². The van der Waals surface area contributed by atoms with Crippen LogP contribution in [0.2, 0.25) is 0 Å². The molecule has 4 rings (SSSR count).